The molecular weight excluding hydrogens is 184 g/mol. The van der Waals surface area contributed by atoms with Crippen molar-refractivity contribution >= 4 is 11.6 Å². The number of aliphatic hydroxyl groups excluding tert-OH is 1. The predicted molar refractivity (Wildman–Crippen MR) is 54.2 cm³/mol. The summed E-state index contributed by atoms with van der Waals surface area (Å²) in [6.45, 7) is 2.07. The fourth-order valence-corrected chi connectivity index (χ4v) is 2.19. The van der Waals surface area contributed by atoms with Crippen LogP contribution in [0.25, 0.3) is 0 Å². The third kappa shape index (κ3) is 1.59. The first-order valence-electron chi connectivity index (χ1n) is 4.65. The van der Waals surface area contributed by atoms with E-state index < -0.39 is 0 Å². The van der Waals surface area contributed by atoms with Crippen LogP contribution in [0.5, 0.6) is 0 Å². The maximum atomic E-state index is 9.66. The van der Waals surface area contributed by atoms with E-state index in [1.54, 1.807) is 0 Å². The summed E-state index contributed by atoms with van der Waals surface area (Å²) in [4.78, 5) is 0. The second kappa shape index (κ2) is 3.32. The Hall–Kier alpha value is -0.530. The molecule has 0 radical (unpaired) electrons. The fourth-order valence-electron chi connectivity index (χ4n) is 2.00. The Kier molecular flexibility index (Phi) is 2.31. The van der Waals surface area contributed by atoms with Gasteiger partial charge in [-0.3, -0.25) is 0 Å². The Balaban J connectivity index is 2.44. The summed E-state index contributed by atoms with van der Waals surface area (Å²) in [7, 11) is 0. The molecule has 1 nitrogen and oxygen atoms in total. The zero-order chi connectivity index (χ0) is 9.42. The van der Waals surface area contributed by atoms with Crippen molar-refractivity contribution in [2.45, 2.75) is 31.8 Å². The number of aryl methyl sites for hydroxylation is 1. The largest absolute Gasteiger partial charge is 0.392 e. The van der Waals surface area contributed by atoms with Crippen molar-refractivity contribution in [2.24, 2.45) is 0 Å². The van der Waals surface area contributed by atoms with Gasteiger partial charge < -0.3 is 5.11 Å². The van der Waals surface area contributed by atoms with E-state index >= 15 is 0 Å². The number of aliphatic hydroxyl groups is 1. The molecule has 0 heterocycles. The zero-order valence-corrected chi connectivity index (χ0v) is 8.38. The number of benzene rings is 1. The van der Waals surface area contributed by atoms with Crippen LogP contribution in [0.1, 0.15) is 30.4 Å². The van der Waals surface area contributed by atoms with E-state index in [9.17, 15) is 5.11 Å². The lowest BCUT2D eigenvalue weighted by atomic mass is 9.82. The highest BCUT2D eigenvalue weighted by Crippen LogP contribution is 2.32. The molecule has 1 aliphatic carbocycles. The van der Waals surface area contributed by atoms with Crippen LogP contribution in [0.2, 0.25) is 5.02 Å². The predicted octanol–water partition coefficient (Wildman–Crippen LogP) is 2.75. The lowest BCUT2D eigenvalue weighted by Crippen LogP contribution is -2.22. The normalized spacial score (nSPS) is 27.0. The van der Waals surface area contributed by atoms with Crippen LogP contribution in [0.3, 0.4) is 0 Å². The molecule has 0 bridgehead atoms. The van der Waals surface area contributed by atoms with Crippen LogP contribution < -0.4 is 0 Å². The Bertz CT molecular complexity index is 322. The van der Waals surface area contributed by atoms with Crippen LogP contribution in [-0.4, -0.2) is 11.2 Å². The van der Waals surface area contributed by atoms with Crippen LogP contribution in [0.15, 0.2) is 18.2 Å². The van der Waals surface area contributed by atoms with Crippen LogP contribution in [-0.2, 0) is 6.42 Å². The second-order valence-electron chi connectivity index (χ2n) is 3.74. The number of hydrogen-bond acceptors (Lipinski definition) is 1. The van der Waals surface area contributed by atoms with Gasteiger partial charge >= 0.3 is 0 Å². The van der Waals surface area contributed by atoms with Gasteiger partial charge in [0.2, 0.25) is 0 Å². The molecule has 0 saturated heterocycles. The van der Waals surface area contributed by atoms with Gasteiger partial charge in [-0.15, -0.1) is 0 Å². The van der Waals surface area contributed by atoms with Crippen molar-refractivity contribution in [1.82, 2.24) is 0 Å². The molecule has 0 saturated carbocycles. The quantitative estimate of drug-likeness (QED) is 0.677. The molecule has 2 heteroatoms. The summed E-state index contributed by atoms with van der Waals surface area (Å²) in [6.07, 6.45) is 1.62. The van der Waals surface area contributed by atoms with E-state index in [1.165, 1.54) is 11.1 Å². The second-order valence-corrected chi connectivity index (χ2v) is 4.17. The average Bonchev–Trinajstić information content (AvgIpc) is 2.12. The lowest BCUT2D eigenvalue weighted by molar-refractivity contribution is 0.132. The molecule has 1 N–H and O–H groups in total. The van der Waals surface area contributed by atoms with Gasteiger partial charge in [0, 0.05) is 10.9 Å². The lowest BCUT2D eigenvalue weighted by Gasteiger charge is -2.27. The molecule has 1 aliphatic rings. The van der Waals surface area contributed by atoms with Crippen molar-refractivity contribution in [2.75, 3.05) is 0 Å². The molecule has 1 aromatic rings. The van der Waals surface area contributed by atoms with Crippen LogP contribution in [0, 0.1) is 0 Å². The number of hydrogen-bond donors (Lipinski definition) is 1. The molecule has 2 atom stereocenters. The van der Waals surface area contributed by atoms with Crippen LogP contribution in [0.4, 0.5) is 0 Å². The summed E-state index contributed by atoms with van der Waals surface area (Å²) in [5.41, 5.74) is 2.55. The molecule has 0 fully saturated rings. The van der Waals surface area contributed by atoms with Gasteiger partial charge in [-0.05, 0) is 36.1 Å². The summed E-state index contributed by atoms with van der Waals surface area (Å²) >= 11 is 5.90. The Morgan fingerprint density at radius 1 is 1.46 bits per heavy atom. The minimum atomic E-state index is -0.186. The molecule has 0 spiro atoms. The van der Waals surface area contributed by atoms with Crippen molar-refractivity contribution < 1.29 is 5.11 Å². The van der Waals surface area contributed by atoms with E-state index in [0.717, 1.165) is 17.9 Å². The third-order valence-electron chi connectivity index (χ3n) is 2.88. The monoisotopic (exact) mass is 196 g/mol. The summed E-state index contributed by atoms with van der Waals surface area (Å²) in [5.74, 6) is 0.251. The van der Waals surface area contributed by atoms with Gasteiger partial charge in [0.1, 0.15) is 0 Å². The standard InChI is InChI=1S/C11H13ClO/c1-7-10-4-3-9(12)6-8(10)2-5-11(7)13/h3-4,6-7,11,13H,2,5H2,1H3. The Labute approximate surface area is 83.3 Å². The van der Waals surface area contributed by atoms with E-state index in [2.05, 4.69) is 6.92 Å². The molecule has 13 heavy (non-hydrogen) atoms. The molecule has 0 amide bonds. The van der Waals surface area contributed by atoms with Crippen molar-refractivity contribution in [3.63, 3.8) is 0 Å². The minimum Gasteiger partial charge on any atom is -0.392 e. The van der Waals surface area contributed by atoms with Crippen molar-refractivity contribution in [1.29, 1.82) is 0 Å². The highest BCUT2D eigenvalue weighted by atomic mass is 35.5. The summed E-state index contributed by atoms with van der Waals surface area (Å²) < 4.78 is 0. The Morgan fingerprint density at radius 3 is 3.00 bits per heavy atom. The van der Waals surface area contributed by atoms with E-state index in [1.807, 2.05) is 18.2 Å². The van der Waals surface area contributed by atoms with Crippen molar-refractivity contribution in [3.05, 3.63) is 34.3 Å². The third-order valence-corrected chi connectivity index (χ3v) is 3.12. The van der Waals surface area contributed by atoms with Crippen molar-refractivity contribution in [3.8, 4) is 0 Å². The summed E-state index contributed by atoms with van der Waals surface area (Å²) in [5, 5.41) is 10.5. The molecule has 70 valence electrons. The number of rotatable bonds is 0. The van der Waals surface area contributed by atoms with Gasteiger partial charge in [0.25, 0.3) is 0 Å². The highest BCUT2D eigenvalue weighted by molar-refractivity contribution is 6.30. The average molecular weight is 197 g/mol. The van der Waals surface area contributed by atoms with Gasteiger partial charge in [0.05, 0.1) is 6.10 Å². The summed E-state index contributed by atoms with van der Waals surface area (Å²) in [6, 6.07) is 5.94. The first-order valence-corrected chi connectivity index (χ1v) is 5.02. The topological polar surface area (TPSA) is 20.2 Å². The zero-order valence-electron chi connectivity index (χ0n) is 7.63. The van der Waals surface area contributed by atoms with E-state index in [-0.39, 0.29) is 12.0 Å². The molecule has 0 aliphatic heterocycles. The molecule has 2 rings (SSSR count). The van der Waals surface area contributed by atoms with Gasteiger partial charge in [-0.2, -0.15) is 0 Å². The van der Waals surface area contributed by atoms with E-state index in [4.69, 9.17) is 11.6 Å². The van der Waals surface area contributed by atoms with Gasteiger partial charge in [-0.25, -0.2) is 0 Å². The first-order chi connectivity index (χ1) is 6.18. The Morgan fingerprint density at radius 2 is 2.23 bits per heavy atom. The molecule has 2 unspecified atom stereocenters. The van der Waals surface area contributed by atoms with Gasteiger partial charge in [-0.1, -0.05) is 24.6 Å². The van der Waals surface area contributed by atoms with E-state index in [0.29, 0.717) is 0 Å². The molecule has 1 aromatic carbocycles. The fraction of sp³-hybridized carbons (Fsp3) is 0.455. The number of halogens is 1. The minimum absolute atomic E-state index is 0.186. The SMILES string of the molecule is CC1c2ccc(Cl)cc2CCC1O. The highest BCUT2D eigenvalue weighted by Gasteiger charge is 2.23. The molecular formula is C11H13ClO. The smallest absolute Gasteiger partial charge is 0.0609 e. The maximum Gasteiger partial charge on any atom is 0.0609 e. The number of fused-ring (bicyclic) bond motifs is 1. The first kappa shape index (κ1) is 9.04. The maximum absolute atomic E-state index is 9.66. The molecule has 0 aromatic heterocycles. The van der Waals surface area contributed by atoms with Crippen LogP contribution >= 0.6 is 11.6 Å². The van der Waals surface area contributed by atoms with Gasteiger partial charge in [0.15, 0.2) is 0 Å².